The molecule has 0 amide bonds. The molecule has 0 aliphatic heterocycles. The van der Waals surface area contributed by atoms with E-state index in [0.29, 0.717) is 5.69 Å². The molecule has 0 fully saturated rings. The van der Waals surface area contributed by atoms with Crippen molar-refractivity contribution >= 4 is 28.9 Å². The lowest BCUT2D eigenvalue weighted by atomic mass is 10.1. The predicted molar refractivity (Wildman–Crippen MR) is 81.3 cm³/mol. The Morgan fingerprint density at radius 2 is 1.70 bits per heavy atom. The normalized spacial score (nSPS) is 12.2. The Morgan fingerprint density at radius 1 is 1.15 bits per heavy atom. The molecule has 1 atom stereocenters. The Balaban J connectivity index is 2.08. The molecular weight excluding hydrogens is 300 g/mol. The second-order valence-corrected chi connectivity index (χ2v) is 5.47. The van der Waals surface area contributed by atoms with Gasteiger partial charge in [-0.05, 0) is 43.2 Å². The maximum Gasteiger partial charge on any atom is 0.126 e. The van der Waals surface area contributed by atoms with Crippen molar-refractivity contribution in [3.63, 3.8) is 0 Å². The van der Waals surface area contributed by atoms with Crippen LogP contribution in [0.4, 0.5) is 10.1 Å². The largest absolute Gasteiger partial charge is 0.508 e. The quantitative estimate of drug-likeness (QED) is 0.843. The van der Waals surface area contributed by atoms with Crippen molar-refractivity contribution in [1.29, 1.82) is 0 Å². The summed E-state index contributed by atoms with van der Waals surface area (Å²) in [5.41, 5.74) is 1.60. The summed E-state index contributed by atoms with van der Waals surface area (Å²) in [6.45, 7) is 1.98. The number of halogens is 3. The molecule has 2 rings (SSSR count). The maximum atomic E-state index is 13.1. The molecule has 1 unspecified atom stereocenters. The molecule has 106 valence electrons. The van der Waals surface area contributed by atoms with Crippen molar-refractivity contribution in [2.75, 3.05) is 5.32 Å². The fraction of sp³-hybridized carbons (Fsp3) is 0.200. The summed E-state index contributed by atoms with van der Waals surface area (Å²) in [5.74, 6) is -0.226. The van der Waals surface area contributed by atoms with Crippen LogP contribution >= 0.6 is 23.2 Å². The first-order chi connectivity index (χ1) is 9.45. The summed E-state index contributed by atoms with van der Waals surface area (Å²) >= 11 is 12.0. The van der Waals surface area contributed by atoms with Crippen LogP contribution < -0.4 is 5.32 Å². The molecule has 2 nitrogen and oxygen atoms in total. The standard InChI is InChI=1S/C15H14Cl2FNO/c1-9(6-10-2-4-12(20)5-3-10)19-15-13(16)7-11(18)8-14(15)17/h2-5,7-9,19-20H,6H2,1H3. The third kappa shape index (κ3) is 3.78. The SMILES string of the molecule is CC(Cc1ccc(O)cc1)Nc1c(Cl)cc(F)cc1Cl. The van der Waals surface area contributed by atoms with Gasteiger partial charge in [0.2, 0.25) is 0 Å². The van der Waals surface area contributed by atoms with Gasteiger partial charge in [-0.3, -0.25) is 0 Å². The lowest BCUT2D eigenvalue weighted by Crippen LogP contribution is -2.18. The first kappa shape index (κ1) is 14.9. The zero-order valence-electron chi connectivity index (χ0n) is 10.8. The minimum Gasteiger partial charge on any atom is -0.508 e. The van der Waals surface area contributed by atoms with Gasteiger partial charge in [-0.2, -0.15) is 0 Å². The van der Waals surface area contributed by atoms with Crippen LogP contribution in [0.2, 0.25) is 10.0 Å². The Kier molecular flexibility index (Phi) is 4.73. The van der Waals surface area contributed by atoms with Crippen molar-refractivity contribution in [3.05, 3.63) is 57.8 Å². The lowest BCUT2D eigenvalue weighted by molar-refractivity contribution is 0.475. The zero-order chi connectivity index (χ0) is 14.7. The van der Waals surface area contributed by atoms with Crippen molar-refractivity contribution in [2.24, 2.45) is 0 Å². The number of hydrogen-bond donors (Lipinski definition) is 2. The van der Waals surface area contributed by atoms with Crippen LogP contribution in [0.3, 0.4) is 0 Å². The number of phenolic OH excluding ortho intramolecular Hbond substituents is 1. The molecule has 2 aromatic rings. The summed E-state index contributed by atoms with van der Waals surface area (Å²) in [5, 5.41) is 12.9. The van der Waals surface area contributed by atoms with Gasteiger partial charge >= 0.3 is 0 Å². The summed E-state index contributed by atoms with van der Waals surface area (Å²) < 4.78 is 13.1. The molecule has 2 N–H and O–H groups in total. The smallest absolute Gasteiger partial charge is 0.126 e. The zero-order valence-corrected chi connectivity index (χ0v) is 12.3. The van der Waals surface area contributed by atoms with Crippen LogP contribution in [0.15, 0.2) is 36.4 Å². The van der Waals surface area contributed by atoms with Crippen molar-refractivity contribution in [3.8, 4) is 5.75 Å². The first-order valence-corrected chi connectivity index (χ1v) is 6.90. The van der Waals surface area contributed by atoms with Gasteiger partial charge < -0.3 is 10.4 Å². The van der Waals surface area contributed by atoms with E-state index in [0.717, 1.165) is 12.0 Å². The number of aromatic hydroxyl groups is 1. The van der Waals surface area contributed by atoms with Gasteiger partial charge in [0.15, 0.2) is 0 Å². The molecule has 0 saturated heterocycles. The number of nitrogens with one attached hydrogen (secondary N) is 1. The van der Waals surface area contributed by atoms with Gasteiger partial charge in [0.1, 0.15) is 11.6 Å². The molecule has 0 spiro atoms. The van der Waals surface area contributed by atoms with E-state index < -0.39 is 5.82 Å². The Morgan fingerprint density at radius 3 is 2.25 bits per heavy atom. The number of rotatable bonds is 4. The Bertz CT molecular complexity index is 578. The average Bonchev–Trinajstić information content (AvgIpc) is 2.36. The summed E-state index contributed by atoms with van der Waals surface area (Å²) in [7, 11) is 0. The molecule has 5 heteroatoms. The highest BCUT2D eigenvalue weighted by Crippen LogP contribution is 2.32. The predicted octanol–water partition coefficient (Wildman–Crippen LogP) is 4.88. The van der Waals surface area contributed by atoms with Crippen LogP contribution in [0.1, 0.15) is 12.5 Å². The van der Waals surface area contributed by atoms with E-state index in [9.17, 15) is 9.50 Å². The second kappa shape index (κ2) is 6.33. The fourth-order valence-electron chi connectivity index (χ4n) is 1.96. The van der Waals surface area contributed by atoms with Gasteiger partial charge in [0.25, 0.3) is 0 Å². The Hall–Kier alpha value is -1.45. The highest BCUT2D eigenvalue weighted by Gasteiger charge is 2.11. The van der Waals surface area contributed by atoms with Gasteiger partial charge in [-0.15, -0.1) is 0 Å². The molecular formula is C15H14Cl2FNO. The second-order valence-electron chi connectivity index (χ2n) is 4.66. The van der Waals surface area contributed by atoms with E-state index >= 15 is 0 Å². The molecule has 0 radical (unpaired) electrons. The van der Waals surface area contributed by atoms with Crippen molar-refractivity contribution < 1.29 is 9.50 Å². The van der Waals surface area contributed by atoms with Crippen LogP contribution in [0.5, 0.6) is 5.75 Å². The van der Waals surface area contributed by atoms with Gasteiger partial charge in [0.05, 0.1) is 15.7 Å². The highest BCUT2D eigenvalue weighted by molar-refractivity contribution is 6.39. The Labute approximate surface area is 127 Å². The fourth-order valence-corrected chi connectivity index (χ4v) is 2.53. The van der Waals surface area contributed by atoms with Crippen LogP contribution in [0.25, 0.3) is 0 Å². The lowest BCUT2D eigenvalue weighted by Gasteiger charge is -2.17. The molecule has 20 heavy (non-hydrogen) atoms. The first-order valence-electron chi connectivity index (χ1n) is 6.14. The third-order valence-electron chi connectivity index (χ3n) is 2.88. The molecule has 0 bridgehead atoms. The van der Waals surface area contributed by atoms with Crippen molar-refractivity contribution in [2.45, 2.75) is 19.4 Å². The van der Waals surface area contributed by atoms with Gasteiger partial charge in [-0.1, -0.05) is 35.3 Å². The molecule has 0 aliphatic rings. The maximum absolute atomic E-state index is 13.1. The minimum atomic E-state index is -0.461. The number of benzene rings is 2. The number of anilines is 1. The monoisotopic (exact) mass is 313 g/mol. The number of phenols is 1. The van der Waals surface area contributed by atoms with Gasteiger partial charge in [0, 0.05) is 6.04 Å². The topological polar surface area (TPSA) is 32.3 Å². The summed E-state index contributed by atoms with van der Waals surface area (Å²) in [4.78, 5) is 0. The van der Waals surface area contributed by atoms with E-state index in [1.54, 1.807) is 12.1 Å². The average molecular weight is 314 g/mol. The summed E-state index contributed by atoms with van der Waals surface area (Å²) in [6.07, 6.45) is 0.727. The molecule has 0 heterocycles. The van der Waals surface area contributed by atoms with Crippen LogP contribution in [0, 0.1) is 5.82 Å². The van der Waals surface area contributed by atoms with E-state index in [2.05, 4.69) is 5.32 Å². The highest BCUT2D eigenvalue weighted by atomic mass is 35.5. The van der Waals surface area contributed by atoms with Crippen LogP contribution in [-0.4, -0.2) is 11.1 Å². The molecule has 0 aromatic heterocycles. The third-order valence-corrected chi connectivity index (χ3v) is 3.47. The molecule has 0 saturated carbocycles. The van der Waals surface area contributed by atoms with Gasteiger partial charge in [-0.25, -0.2) is 4.39 Å². The van der Waals surface area contributed by atoms with E-state index in [4.69, 9.17) is 23.2 Å². The number of hydrogen-bond acceptors (Lipinski definition) is 2. The summed E-state index contributed by atoms with van der Waals surface area (Å²) in [6, 6.07) is 9.48. The van der Waals surface area contributed by atoms with E-state index in [1.807, 2.05) is 19.1 Å². The molecule has 2 aromatic carbocycles. The van der Waals surface area contributed by atoms with E-state index in [1.165, 1.54) is 12.1 Å². The van der Waals surface area contributed by atoms with Crippen molar-refractivity contribution in [1.82, 2.24) is 0 Å². The van der Waals surface area contributed by atoms with E-state index in [-0.39, 0.29) is 21.8 Å². The minimum absolute atomic E-state index is 0.0556. The van der Waals surface area contributed by atoms with Crippen LogP contribution in [-0.2, 0) is 6.42 Å². The molecule has 0 aliphatic carbocycles.